The van der Waals surface area contributed by atoms with Crippen molar-refractivity contribution >= 4 is 29.6 Å². The van der Waals surface area contributed by atoms with Crippen LogP contribution in [0.25, 0.3) is 10.9 Å². The first-order chi connectivity index (χ1) is 9.19. The fourth-order valence-electron chi connectivity index (χ4n) is 2.08. The van der Waals surface area contributed by atoms with Crippen LogP contribution in [0, 0.1) is 6.92 Å². The summed E-state index contributed by atoms with van der Waals surface area (Å²) in [4.78, 5) is 12.2. The number of fused-ring (bicyclic) bond motifs is 1. The van der Waals surface area contributed by atoms with Crippen LogP contribution in [0.1, 0.15) is 26.5 Å². The minimum absolute atomic E-state index is 0.388. The molecule has 1 aromatic heterocycles. The Morgan fingerprint density at radius 3 is 2.45 bits per heavy atom. The molecule has 106 valence electrons. The summed E-state index contributed by atoms with van der Waals surface area (Å²) in [6.45, 7) is 7.24. The van der Waals surface area contributed by atoms with E-state index in [1.54, 1.807) is 25.1 Å². The van der Waals surface area contributed by atoms with Crippen molar-refractivity contribution in [2.75, 3.05) is 0 Å². The normalized spacial score (nSPS) is 11.7. The van der Waals surface area contributed by atoms with Gasteiger partial charge in [0.05, 0.1) is 5.52 Å². The molecule has 0 radical (unpaired) electrons. The number of rotatable bonds is 1. The first-order valence-corrected chi connectivity index (χ1v) is 6.40. The molecule has 1 aromatic carbocycles. The van der Waals surface area contributed by atoms with Crippen molar-refractivity contribution in [3.8, 4) is 0 Å². The van der Waals surface area contributed by atoms with Crippen LogP contribution < -0.4 is 5.46 Å². The smallest absolute Gasteiger partial charge is 0.443 e. The van der Waals surface area contributed by atoms with Gasteiger partial charge in [0.25, 0.3) is 0 Å². The van der Waals surface area contributed by atoms with Crippen LogP contribution in [0.3, 0.4) is 0 Å². The quantitative estimate of drug-likeness (QED) is 0.772. The van der Waals surface area contributed by atoms with Crippen molar-refractivity contribution in [3.63, 3.8) is 0 Å². The second-order valence-electron chi connectivity index (χ2n) is 5.79. The van der Waals surface area contributed by atoms with Gasteiger partial charge >= 0.3 is 13.2 Å². The van der Waals surface area contributed by atoms with Crippen molar-refractivity contribution in [1.82, 2.24) is 4.57 Å². The average Bonchev–Trinajstić information content (AvgIpc) is 2.61. The molecule has 0 bridgehead atoms. The lowest BCUT2D eigenvalue weighted by molar-refractivity contribution is 0.0541. The highest BCUT2D eigenvalue weighted by Gasteiger charge is 2.21. The zero-order valence-electron chi connectivity index (χ0n) is 12.0. The van der Waals surface area contributed by atoms with Gasteiger partial charge < -0.3 is 14.8 Å². The van der Waals surface area contributed by atoms with Crippen LogP contribution in [0.2, 0.25) is 0 Å². The highest BCUT2D eigenvalue weighted by Crippen LogP contribution is 2.20. The highest BCUT2D eigenvalue weighted by molar-refractivity contribution is 6.58. The Kier molecular flexibility index (Phi) is 3.62. The number of hydrogen-bond donors (Lipinski definition) is 2. The molecular formula is C14H18BNO4. The summed E-state index contributed by atoms with van der Waals surface area (Å²) in [5.41, 5.74) is 1.24. The van der Waals surface area contributed by atoms with Gasteiger partial charge in [0.1, 0.15) is 5.60 Å². The molecule has 0 saturated heterocycles. The van der Waals surface area contributed by atoms with Crippen LogP contribution in [0.5, 0.6) is 0 Å². The van der Waals surface area contributed by atoms with Crippen molar-refractivity contribution in [2.24, 2.45) is 0 Å². The summed E-state index contributed by atoms with van der Waals surface area (Å²) >= 11 is 0. The summed E-state index contributed by atoms with van der Waals surface area (Å²) in [6.07, 6.45) is -0.442. The van der Waals surface area contributed by atoms with Crippen LogP contribution in [0.4, 0.5) is 4.79 Å². The lowest BCUT2D eigenvalue weighted by Gasteiger charge is -2.20. The molecule has 0 atom stereocenters. The molecular weight excluding hydrogens is 257 g/mol. The summed E-state index contributed by atoms with van der Waals surface area (Å²) in [7, 11) is -1.52. The molecule has 0 aliphatic carbocycles. The maximum Gasteiger partial charge on any atom is 0.488 e. The fraction of sp³-hybridized carbons (Fsp3) is 0.357. The Hall–Kier alpha value is -1.79. The third-order valence-corrected chi connectivity index (χ3v) is 2.88. The molecule has 20 heavy (non-hydrogen) atoms. The first-order valence-electron chi connectivity index (χ1n) is 6.40. The van der Waals surface area contributed by atoms with Gasteiger partial charge in [-0.1, -0.05) is 12.1 Å². The monoisotopic (exact) mass is 275 g/mol. The zero-order chi connectivity index (χ0) is 15.1. The summed E-state index contributed by atoms with van der Waals surface area (Å²) < 4.78 is 6.85. The third-order valence-electron chi connectivity index (χ3n) is 2.88. The number of carbonyl (C=O) groups excluding carboxylic acids is 1. The van der Waals surface area contributed by atoms with Crippen LogP contribution >= 0.6 is 0 Å². The maximum absolute atomic E-state index is 12.2. The van der Waals surface area contributed by atoms with E-state index < -0.39 is 18.8 Å². The largest absolute Gasteiger partial charge is 0.488 e. The Morgan fingerprint density at radius 1 is 1.25 bits per heavy atom. The molecule has 6 heteroatoms. The first kappa shape index (κ1) is 14.6. The van der Waals surface area contributed by atoms with E-state index in [-0.39, 0.29) is 0 Å². The predicted molar refractivity (Wildman–Crippen MR) is 78.1 cm³/mol. The van der Waals surface area contributed by atoms with Gasteiger partial charge in [0, 0.05) is 11.1 Å². The SMILES string of the molecule is Cc1cc2cc(B(O)O)ccc2n1C(=O)OC(C)(C)C. The van der Waals surface area contributed by atoms with Gasteiger partial charge in [-0.3, -0.25) is 0 Å². The fourth-order valence-corrected chi connectivity index (χ4v) is 2.08. The molecule has 0 aliphatic rings. The van der Waals surface area contributed by atoms with Crippen LogP contribution in [-0.4, -0.2) is 33.4 Å². The molecule has 0 fully saturated rings. The summed E-state index contributed by atoms with van der Waals surface area (Å²) in [5.74, 6) is 0. The second-order valence-corrected chi connectivity index (χ2v) is 5.79. The number of aryl methyl sites for hydroxylation is 1. The van der Waals surface area contributed by atoms with E-state index >= 15 is 0 Å². The third kappa shape index (κ3) is 2.86. The van der Waals surface area contributed by atoms with E-state index in [4.69, 9.17) is 4.74 Å². The molecule has 2 rings (SSSR count). The molecule has 1 heterocycles. The van der Waals surface area contributed by atoms with Crippen LogP contribution in [-0.2, 0) is 4.74 Å². The van der Waals surface area contributed by atoms with Gasteiger partial charge in [0.2, 0.25) is 0 Å². The van der Waals surface area contributed by atoms with Gasteiger partial charge in [-0.05, 0) is 45.3 Å². The van der Waals surface area contributed by atoms with Crippen LogP contribution in [0.15, 0.2) is 24.3 Å². The van der Waals surface area contributed by atoms with E-state index in [9.17, 15) is 14.8 Å². The maximum atomic E-state index is 12.2. The second kappa shape index (κ2) is 4.96. The average molecular weight is 275 g/mol. The van der Waals surface area contributed by atoms with E-state index in [1.807, 2.05) is 26.8 Å². The highest BCUT2D eigenvalue weighted by atomic mass is 16.6. The Bertz CT molecular complexity index is 655. The number of carbonyl (C=O) groups is 1. The van der Waals surface area contributed by atoms with Gasteiger partial charge in [-0.15, -0.1) is 0 Å². The van der Waals surface area contributed by atoms with Gasteiger partial charge in [-0.25, -0.2) is 9.36 Å². The van der Waals surface area contributed by atoms with Crippen molar-refractivity contribution < 1.29 is 19.6 Å². The molecule has 0 unspecified atom stereocenters. The Labute approximate surface area is 117 Å². The molecule has 0 aliphatic heterocycles. The van der Waals surface area contributed by atoms with E-state index in [2.05, 4.69) is 0 Å². The number of hydrogen-bond acceptors (Lipinski definition) is 4. The van der Waals surface area contributed by atoms with E-state index in [0.29, 0.717) is 11.0 Å². The van der Waals surface area contributed by atoms with Gasteiger partial charge in [-0.2, -0.15) is 0 Å². The number of benzene rings is 1. The lowest BCUT2D eigenvalue weighted by Crippen LogP contribution is -2.29. The molecule has 0 saturated carbocycles. The standard InChI is InChI=1S/C14H18BNO4/c1-9-7-10-8-11(15(18)19)5-6-12(10)16(9)13(17)20-14(2,3)4/h5-8,18-19H,1-4H3. The lowest BCUT2D eigenvalue weighted by atomic mass is 9.80. The zero-order valence-corrected chi connectivity index (χ0v) is 12.0. The van der Waals surface area contributed by atoms with E-state index in [0.717, 1.165) is 11.1 Å². The molecule has 2 N–H and O–H groups in total. The molecule has 0 spiro atoms. The molecule has 0 amide bonds. The topological polar surface area (TPSA) is 71.7 Å². The Morgan fingerprint density at radius 2 is 1.90 bits per heavy atom. The number of nitrogens with zero attached hydrogens (tertiary/aromatic N) is 1. The molecule has 2 aromatic rings. The van der Waals surface area contributed by atoms with Crippen molar-refractivity contribution in [3.05, 3.63) is 30.0 Å². The number of ether oxygens (including phenoxy) is 1. The van der Waals surface area contributed by atoms with Gasteiger partial charge in [0.15, 0.2) is 0 Å². The van der Waals surface area contributed by atoms with E-state index in [1.165, 1.54) is 4.57 Å². The Balaban J connectivity index is 2.49. The predicted octanol–water partition coefficient (Wildman–Crippen LogP) is 1.41. The number of aromatic nitrogens is 1. The summed E-state index contributed by atoms with van der Waals surface area (Å²) in [6, 6.07) is 6.72. The minimum atomic E-state index is -1.52. The summed E-state index contributed by atoms with van der Waals surface area (Å²) in [5, 5.41) is 19.1. The molecule has 5 nitrogen and oxygen atoms in total. The minimum Gasteiger partial charge on any atom is -0.443 e. The van der Waals surface area contributed by atoms with Crippen molar-refractivity contribution in [1.29, 1.82) is 0 Å². The van der Waals surface area contributed by atoms with Crippen molar-refractivity contribution in [2.45, 2.75) is 33.3 Å².